The van der Waals surface area contributed by atoms with E-state index in [9.17, 15) is 0 Å². The summed E-state index contributed by atoms with van der Waals surface area (Å²) < 4.78 is 3.19. The molecule has 0 aromatic carbocycles. The first-order valence-electron chi connectivity index (χ1n) is 0.309. The summed E-state index contributed by atoms with van der Waals surface area (Å²) in [5, 5.41) is 0. The summed E-state index contributed by atoms with van der Waals surface area (Å²) >= 11 is 8.53. The molecule has 0 bridgehead atoms. The minimum Gasteiger partial charge on any atom is -0.166 e. The Hall–Kier alpha value is 3.13. The van der Waals surface area contributed by atoms with Gasteiger partial charge in [-0.2, -0.15) is 3.84 Å². The molecule has 0 aromatic rings. The van der Waals surface area contributed by atoms with Gasteiger partial charge in [-0.25, -0.2) is 0 Å². The molecule has 0 saturated heterocycles. The molecule has 0 aliphatic rings. The molecular formula is H4Cl6OTi2. The van der Waals surface area contributed by atoms with Crippen molar-refractivity contribution in [3.63, 3.8) is 0 Å². The van der Waals surface area contributed by atoms with E-state index in [-0.39, 0.29) is 93.1 Å². The minimum absolute atomic E-state index is 0. The zero-order chi connectivity index (χ0) is 2.71. The molecular weight excluding hydrogens is 324 g/mol. The van der Waals surface area contributed by atoms with Gasteiger partial charge >= 0.3 is 0 Å². The summed E-state index contributed by atoms with van der Waals surface area (Å²) in [6.45, 7) is 0. The normalized spacial score (nSPS) is 2.00. The molecule has 0 saturated carbocycles. The summed E-state index contributed by atoms with van der Waals surface area (Å²) in [6, 6.07) is 0. The molecule has 0 heterocycles. The summed E-state index contributed by atoms with van der Waals surface area (Å²) in [5.74, 6) is 0. The van der Waals surface area contributed by atoms with Crippen LogP contribution in [0.4, 0.5) is 0 Å². The van der Waals surface area contributed by atoms with Crippen molar-refractivity contribution in [2.24, 2.45) is 0 Å². The molecule has 0 aromatic heterocycles. The molecule has 0 atom stereocenters. The van der Waals surface area contributed by atoms with Gasteiger partial charge in [0.2, 0.25) is 0 Å². The summed E-state index contributed by atoms with van der Waals surface area (Å²) in [7, 11) is 0. The average Bonchev–Trinajstić information content (AvgIpc) is 0.918. The van der Waals surface area contributed by atoms with Gasteiger partial charge in [0.05, 0.1) is 23.7 Å². The van der Waals surface area contributed by atoms with Crippen molar-refractivity contribution < 1.29 is 47.3 Å². The van der Waals surface area contributed by atoms with Crippen LogP contribution < -0.4 is 0 Å². The zero-order valence-corrected chi connectivity index (χ0v) is 11.7. The maximum Gasteiger partial charge on any atom is 0.0832 e. The van der Waals surface area contributed by atoms with Crippen LogP contribution >= 0.6 is 73.4 Å². The van der Waals surface area contributed by atoms with Crippen LogP contribution in [0.15, 0.2) is 0 Å². The largest absolute Gasteiger partial charge is 0.166 e. The van der Waals surface area contributed by atoms with Crippen molar-refractivity contribution in [3.8, 4) is 0 Å². The molecule has 0 amide bonds. The third-order valence-corrected chi connectivity index (χ3v) is 0. The van der Waals surface area contributed by atoms with Crippen molar-refractivity contribution >= 4 is 73.4 Å². The standard InChI is InChI=1S/Cl2O.4ClH.2Ti/c1-3-2;;;;;;/h;4*1H;;. The van der Waals surface area contributed by atoms with Crippen molar-refractivity contribution in [2.75, 3.05) is 0 Å². The first-order valence-corrected chi connectivity index (χ1v) is 0.926. The maximum absolute atomic E-state index is 4.26. The Balaban J connectivity index is -0.00000000133. The van der Waals surface area contributed by atoms with E-state index in [1.807, 2.05) is 0 Å². The second-order valence-corrected chi connectivity index (χ2v) is 0.525. The van der Waals surface area contributed by atoms with Crippen LogP contribution in [0.5, 0.6) is 0 Å². The molecule has 0 radical (unpaired) electrons. The molecule has 0 aliphatic carbocycles. The monoisotopic (exact) mass is 326 g/mol. The fourth-order valence-electron chi connectivity index (χ4n) is 0. The van der Waals surface area contributed by atoms with Crippen molar-refractivity contribution in [1.29, 1.82) is 0 Å². The first kappa shape index (κ1) is 57.1. The Labute approximate surface area is 119 Å². The van der Waals surface area contributed by atoms with Crippen molar-refractivity contribution in [1.82, 2.24) is 0 Å². The van der Waals surface area contributed by atoms with E-state index in [1.165, 1.54) is 0 Å². The third kappa shape index (κ3) is 94.7. The van der Waals surface area contributed by atoms with Gasteiger partial charge in [-0.15, -0.1) is 49.6 Å². The van der Waals surface area contributed by atoms with Crippen LogP contribution in [0.1, 0.15) is 0 Å². The Morgan fingerprint density at radius 1 is 0.667 bits per heavy atom. The molecule has 0 N–H and O–H groups in total. The van der Waals surface area contributed by atoms with Gasteiger partial charge < -0.3 is 0 Å². The Bertz CT molecular complexity index is 11.0. The molecule has 60 valence electrons. The van der Waals surface area contributed by atoms with Gasteiger partial charge in [0, 0.05) is 43.4 Å². The average molecular weight is 328 g/mol. The quantitative estimate of drug-likeness (QED) is 0.621. The molecule has 0 fully saturated rings. The number of rotatable bonds is 0. The van der Waals surface area contributed by atoms with E-state index in [4.69, 9.17) is 0 Å². The minimum atomic E-state index is 0. The van der Waals surface area contributed by atoms with E-state index in [0.29, 0.717) is 0 Å². The van der Waals surface area contributed by atoms with Crippen LogP contribution in [0.3, 0.4) is 0 Å². The smallest absolute Gasteiger partial charge is 0.0832 e. The Morgan fingerprint density at radius 2 is 0.667 bits per heavy atom. The van der Waals surface area contributed by atoms with Gasteiger partial charge in [0.1, 0.15) is 0 Å². The van der Waals surface area contributed by atoms with E-state index >= 15 is 0 Å². The molecule has 0 unspecified atom stereocenters. The third-order valence-electron chi connectivity index (χ3n) is 0. The van der Waals surface area contributed by atoms with Gasteiger partial charge in [-0.05, 0) is 0 Å². The van der Waals surface area contributed by atoms with Crippen LogP contribution in [-0.2, 0) is 47.3 Å². The van der Waals surface area contributed by atoms with Crippen molar-refractivity contribution in [2.45, 2.75) is 0 Å². The number of hydrogen-bond donors (Lipinski definition) is 0. The predicted octanol–water partition coefficient (Wildman–Crippen LogP) is 2.99. The maximum atomic E-state index is 4.26. The van der Waals surface area contributed by atoms with Gasteiger partial charge in [-0.1, -0.05) is 0 Å². The second kappa shape index (κ2) is 67.0. The second-order valence-electron chi connectivity index (χ2n) is 0.0583. The first-order chi connectivity index (χ1) is 1.41. The van der Waals surface area contributed by atoms with E-state index < -0.39 is 0 Å². The van der Waals surface area contributed by atoms with Gasteiger partial charge in [0.25, 0.3) is 0 Å². The topological polar surface area (TPSA) is 9.23 Å². The van der Waals surface area contributed by atoms with E-state index in [1.54, 1.807) is 0 Å². The number of halogens is 6. The fraction of sp³-hybridized carbons (Fsp3) is 0. The van der Waals surface area contributed by atoms with Crippen molar-refractivity contribution in [3.05, 3.63) is 0 Å². The molecule has 0 rings (SSSR count). The van der Waals surface area contributed by atoms with Crippen LogP contribution in [-0.4, -0.2) is 0 Å². The van der Waals surface area contributed by atoms with E-state index in [0.717, 1.165) is 0 Å². The molecule has 9 heavy (non-hydrogen) atoms. The van der Waals surface area contributed by atoms with E-state index in [2.05, 4.69) is 27.6 Å². The SMILES string of the molecule is Cl.Cl.Cl.Cl.ClOCl.[Ti].[Ti]. The molecule has 0 spiro atoms. The number of hydrogen-bond acceptors (Lipinski definition) is 1. The molecule has 1 nitrogen and oxygen atoms in total. The Kier molecular flexibility index (Phi) is 425. The van der Waals surface area contributed by atoms with Crippen LogP contribution in [0, 0.1) is 0 Å². The predicted molar refractivity (Wildman–Crippen MR) is 41.8 cm³/mol. The van der Waals surface area contributed by atoms with Crippen LogP contribution in [0.25, 0.3) is 0 Å². The summed E-state index contributed by atoms with van der Waals surface area (Å²) in [5.41, 5.74) is 0. The summed E-state index contributed by atoms with van der Waals surface area (Å²) in [4.78, 5) is 0. The van der Waals surface area contributed by atoms with Gasteiger partial charge in [-0.3, -0.25) is 0 Å². The molecule has 0 aliphatic heterocycles. The fourth-order valence-corrected chi connectivity index (χ4v) is 0. The summed E-state index contributed by atoms with van der Waals surface area (Å²) in [6.07, 6.45) is 0. The molecule has 9 heteroatoms. The van der Waals surface area contributed by atoms with Crippen LogP contribution in [0.2, 0.25) is 0 Å². The zero-order valence-electron chi connectivity index (χ0n) is 3.80. The Morgan fingerprint density at radius 3 is 0.667 bits per heavy atom. The van der Waals surface area contributed by atoms with Gasteiger partial charge in [0.15, 0.2) is 0 Å².